The van der Waals surface area contributed by atoms with Gasteiger partial charge in [0.2, 0.25) is 0 Å². The van der Waals surface area contributed by atoms with Gasteiger partial charge in [0.05, 0.1) is 5.69 Å². The summed E-state index contributed by atoms with van der Waals surface area (Å²) in [4.78, 5) is 38.7. The van der Waals surface area contributed by atoms with Crippen LogP contribution in [0.5, 0.6) is 5.75 Å². The second kappa shape index (κ2) is 9.26. The maximum Gasteiger partial charge on any atom is 0.335 e. The first-order valence-electron chi connectivity index (χ1n) is 9.55. The number of hydrogen-bond donors (Lipinski definition) is 1. The van der Waals surface area contributed by atoms with Crippen molar-refractivity contribution in [3.05, 3.63) is 99.5 Å². The fourth-order valence-electron chi connectivity index (χ4n) is 3.16. The molecule has 1 N–H and O–H groups in total. The van der Waals surface area contributed by atoms with Crippen LogP contribution in [0.4, 0.5) is 10.5 Å². The van der Waals surface area contributed by atoms with Crippen LogP contribution in [0.25, 0.3) is 6.08 Å². The molecule has 1 fully saturated rings. The summed E-state index contributed by atoms with van der Waals surface area (Å²) >= 11 is 11.9. The molecule has 1 saturated heterocycles. The zero-order valence-corrected chi connectivity index (χ0v) is 18.1. The zero-order chi connectivity index (χ0) is 22.7. The molecule has 0 saturated carbocycles. The number of anilines is 1. The average Bonchev–Trinajstić information content (AvgIpc) is 2.77. The molecular weight excluding hydrogens is 451 g/mol. The highest BCUT2D eigenvalue weighted by molar-refractivity contribution is 6.39. The van der Waals surface area contributed by atoms with E-state index in [2.05, 4.69) is 5.32 Å². The number of halogens is 2. The van der Waals surface area contributed by atoms with E-state index < -0.39 is 17.8 Å². The maximum atomic E-state index is 13.1. The molecule has 4 rings (SSSR count). The molecule has 3 aromatic carbocycles. The molecule has 160 valence electrons. The summed E-state index contributed by atoms with van der Waals surface area (Å²) in [6.07, 6.45) is 1.40. The summed E-state index contributed by atoms with van der Waals surface area (Å²) < 4.78 is 5.89. The Morgan fingerprint density at radius 2 is 1.62 bits per heavy atom. The van der Waals surface area contributed by atoms with Crippen LogP contribution in [-0.2, 0) is 16.2 Å². The van der Waals surface area contributed by atoms with E-state index in [4.69, 9.17) is 27.9 Å². The molecule has 1 aliphatic rings. The standard InChI is InChI=1S/C24H16Cl2N2O4/c25-17-8-10-19(11-9-17)28-23(30)20(22(29)27-24(28)31)13-16-5-1-2-7-21(16)32-14-15-4-3-6-18(26)12-15/h1-13H,14H2,(H,27,29,31)/b20-13+. The monoisotopic (exact) mass is 466 g/mol. The molecule has 0 atom stereocenters. The number of hydrogen-bond acceptors (Lipinski definition) is 4. The van der Waals surface area contributed by atoms with Gasteiger partial charge in [0, 0.05) is 15.6 Å². The predicted molar refractivity (Wildman–Crippen MR) is 123 cm³/mol. The molecule has 0 radical (unpaired) electrons. The fourth-order valence-corrected chi connectivity index (χ4v) is 3.50. The molecule has 0 bridgehead atoms. The number of urea groups is 1. The minimum Gasteiger partial charge on any atom is -0.488 e. The number of ether oxygens (including phenoxy) is 1. The Morgan fingerprint density at radius 3 is 2.38 bits per heavy atom. The van der Waals surface area contributed by atoms with E-state index in [9.17, 15) is 14.4 Å². The maximum absolute atomic E-state index is 13.1. The van der Waals surface area contributed by atoms with E-state index in [1.54, 1.807) is 48.5 Å². The second-order valence-corrected chi connectivity index (χ2v) is 7.76. The van der Waals surface area contributed by atoms with Crippen molar-refractivity contribution in [2.45, 2.75) is 6.61 Å². The highest BCUT2D eigenvalue weighted by Crippen LogP contribution is 2.27. The van der Waals surface area contributed by atoms with E-state index in [1.165, 1.54) is 18.2 Å². The SMILES string of the molecule is O=C1NC(=O)N(c2ccc(Cl)cc2)C(=O)/C1=C/c1ccccc1OCc1cccc(Cl)c1. The number of nitrogens with zero attached hydrogens (tertiary/aromatic N) is 1. The minimum atomic E-state index is -0.829. The van der Waals surface area contributed by atoms with Crippen LogP contribution in [0, 0.1) is 0 Å². The molecule has 1 heterocycles. The van der Waals surface area contributed by atoms with Crippen molar-refractivity contribution >= 4 is 52.8 Å². The molecule has 1 aliphatic heterocycles. The minimum absolute atomic E-state index is 0.196. The highest BCUT2D eigenvalue weighted by atomic mass is 35.5. The molecule has 0 aromatic heterocycles. The third kappa shape index (κ3) is 4.66. The number of carbonyl (C=O) groups excluding carboxylic acids is 3. The Labute approximate surface area is 194 Å². The number of nitrogens with one attached hydrogen (secondary N) is 1. The lowest BCUT2D eigenvalue weighted by Crippen LogP contribution is -2.54. The van der Waals surface area contributed by atoms with E-state index in [0.29, 0.717) is 27.0 Å². The molecule has 0 unspecified atom stereocenters. The van der Waals surface area contributed by atoms with Crippen molar-refractivity contribution in [3.8, 4) is 5.75 Å². The van der Waals surface area contributed by atoms with Gasteiger partial charge in [-0.1, -0.05) is 53.5 Å². The molecule has 3 aromatic rings. The number of benzene rings is 3. The van der Waals surface area contributed by atoms with Crippen LogP contribution in [-0.4, -0.2) is 17.8 Å². The van der Waals surface area contributed by atoms with Gasteiger partial charge in [-0.3, -0.25) is 14.9 Å². The van der Waals surface area contributed by atoms with E-state index in [-0.39, 0.29) is 12.2 Å². The van der Waals surface area contributed by atoms with E-state index >= 15 is 0 Å². The van der Waals surface area contributed by atoms with Crippen LogP contribution in [0.2, 0.25) is 10.0 Å². The van der Waals surface area contributed by atoms with Crippen molar-refractivity contribution in [1.82, 2.24) is 5.32 Å². The third-order valence-corrected chi connectivity index (χ3v) is 5.18. The quantitative estimate of drug-likeness (QED) is 0.412. The van der Waals surface area contributed by atoms with Gasteiger partial charge in [0.15, 0.2) is 0 Å². The van der Waals surface area contributed by atoms with Gasteiger partial charge >= 0.3 is 6.03 Å². The summed E-state index contributed by atoms with van der Waals surface area (Å²) in [5.74, 6) is -1.06. The molecule has 0 spiro atoms. The average molecular weight is 467 g/mol. The lowest BCUT2D eigenvalue weighted by molar-refractivity contribution is -0.122. The van der Waals surface area contributed by atoms with Crippen molar-refractivity contribution in [1.29, 1.82) is 0 Å². The lowest BCUT2D eigenvalue weighted by Gasteiger charge is -2.26. The Morgan fingerprint density at radius 1 is 0.875 bits per heavy atom. The van der Waals surface area contributed by atoms with Gasteiger partial charge in [0.1, 0.15) is 17.9 Å². The molecule has 4 amide bonds. The largest absolute Gasteiger partial charge is 0.488 e. The highest BCUT2D eigenvalue weighted by Gasteiger charge is 2.36. The summed E-state index contributed by atoms with van der Waals surface area (Å²) in [5, 5.41) is 3.25. The summed E-state index contributed by atoms with van der Waals surface area (Å²) in [6, 6.07) is 19.5. The molecular formula is C24H16Cl2N2O4. The van der Waals surface area contributed by atoms with Crippen molar-refractivity contribution in [2.75, 3.05) is 4.90 Å². The normalized spacial score (nSPS) is 15.1. The predicted octanol–water partition coefficient (Wildman–Crippen LogP) is 5.24. The van der Waals surface area contributed by atoms with Crippen LogP contribution in [0.15, 0.2) is 78.4 Å². The van der Waals surface area contributed by atoms with Crippen LogP contribution in [0.3, 0.4) is 0 Å². The van der Waals surface area contributed by atoms with Crippen molar-refractivity contribution in [2.24, 2.45) is 0 Å². The van der Waals surface area contributed by atoms with E-state index in [1.807, 2.05) is 12.1 Å². The number of carbonyl (C=O) groups is 3. The van der Waals surface area contributed by atoms with Gasteiger partial charge in [0.25, 0.3) is 11.8 Å². The zero-order valence-electron chi connectivity index (χ0n) is 16.5. The van der Waals surface area contributed by atoms with E-state index in [0.717, 1.165) is 10.5 Å². The van der Waals surface area contributed by atoms with Gasteiger partial charge in [-0.25, -0.2) is 9.69 Å². The molecule has 32 heavy (non-hydrogen) atoms. The summed E-state index contributed by atoms with van der Waals surface area (Å²) in [7, 11) is 0. The number of imide groups is 2. The Bertz CT molecular complexity index is 1240. The Hall–Kier alpha value is -3.61. The lowest BCUT2D eigenvalue weighted by atomic mass is 10.1. The van der Waals surface area contributed by atoms with Gasteiger partial charge in [-0.05, 0) is 54.1 Å². The fraction of sp³-hybridized carbons (Fsp3) is 0.0417. The van der Waals surface area contributed by atoms with Crippen molar-refractivity contribution < 1.29 is 19.1 Å². The summed E-state index contributed by atoms with van der Waals surface area (Å²) in [5.41, 5.74) is 1.48. The van der Waals surface area contributed by atoms with Gasteiger partial charge < -0.3 is 4.74 Å². The second-order valence-electron chi connectivity index (χ2n) is 6.89. The van der Waals surface area contributed by atoms with Crippen molar-refractivity contribution in [3.63, 3.8) is 0 Å². The Balaban J connectivity index is 1.63. The Kier molecular flexibility index (Phi) is 6.25. The van der Waals surface area contributed by atoms with Gasteiger partial charge in [-0.2, -0.15) is 0 Å². The third-order valence-electron chi connectivity index (χ3n) is 4.69. The first-order chi connectivity index (χ1) is 15.4. The number of para-hydroxylation sites is 1. The number of rotatable bonds is 5. The topological polar surface area (TPSA) is 75.7 Å². The number of barbiturate groups is 1. The van der Waals surface area contributed by atoms with Crippen LogP contribution < -0.4 is 15.0 Å². The molecule has 6 nitrogen and oxygen atoms in total. The smallest absolute Gasteiger partial charge is 0.335 e. The first kappa shape index (κ1) is 21.6. The molecule has 8 heteroatoms. The first-order valence-corrected chi connectivity index (χ1v) is 10.3. The van der Waals surface area contributed by atoms with Crippen LogP contribution in [0.1, 0.15) is 11.1 Å². The number of amides is 4. The van der Waals surface area contributed by atoms with Crippen LogP contribution >= 0.6 is 23.2 Å². The molecule has 0 aliphatic carbocycles. The van der Waals surface area contributed by atoms with Gasteiger partial charge in [-0.15, -0.1) is 0 Å². The summed E-state index contributed by atoms with van der Waals surface area (Å²) in [6.45, 7) is 0.246.